The van der Waals surface area contributed by atoms with Gasteiger partial charge in [0.05, 0.1) is 92.5 Å². The molecule has 0 bridgehead atoms. The smallest absolute Gasteiger partial charge is 0.0701 e. The standard InChI is InChI=1S/C35H48O8S4/c1-27-26-34(32-7-5-29(45-32)11-13-39-19-21-43-25-23-41-17-15-37-3)47-35(27)33-9-8-31(46-33)30-6-4-28(44-30)10-12-38-18-20-42-24-22-40-16-14-36-2/h4-9,26H,10-25H2,1-3H3. The molecule has 0 spiro atoms. The van der Waals surface area contributed by atoms with Crippen molar-refractivity contribution in [3.05, 3.63) is 57.8 Å². The van der Waals surface area contributed by atoms with Gasteiger partial charge < -0.3 is 37.9 Å². The SMILES string of the molecule is COCCOCCOCCOCCc1ccc(-c2ccc(-c3sc(-c4ccc(CCOCCOCCOCCOC)s4)cc3C)s2)s1. The van der Waals surface area contributed by atoms with Crippen molar-refractivity contribution in [2.45, 2.75) is 19.8 Å². The van der Waals surface area contributed by atoms with E-state index in [0.717, 1.165) is 12.8 Å². The summed E-state index contributed by atoms with van der Waals surface area (Å²) in [5.74, 6) is 0. The normalized spacial score (nSPS) is 11.6. The monoisotopic (exact) mass is 724 g/mol. The first kappa shape index (κ1) is 38.3. The minimum atomic E-state index is 0.576. The first-order valence-corrected chi connectivity index (χ1v) is 19.3. The van der Waals surface area contributed by atoms with E-state index in [1.807, 2.05) is 45.3 Å². The van der Waals surface area contributed by atoms with Crippen molar-refractivity contribution in [3.63, 3.8) is 0 Å². The van der Waals surface area contributed by atoms with Crippen molar-refractivity contribution >= 4 is 45.3 Å². The Morgan fingerprint density at radius 1 is 0.404 bits per heavy atom. The maximum absolute atomic E-state index is 5.78. The number of methoxy groups -OCH3 is 2. The van der Waals surface area contributed by atoms with Crippen LogP contribution in [0.15, 0.2) is 42.5 Å². The third-order valence-electron chi connectivity index (χ3n) is 6.89. The Kier molecular flexibility index (Phi) is 18.7. The summed E-state index contributed by atoms with van der Waals surface area (Å²) in [6.07, 6.45) is 1.82. The highest BCUT2D eigenvalue weighted by molar-refractivity contribution is 7.28. The lowest BCUT2D eigenvalue weighted by molar-refractivity contribution is 0.00412. The molecule has 0 atom stereocenters. The van der Waals surface area contributed by atoms with Crippen molar-refractivity contribution in [1.82, 2.24) is 0 Å². The van der Waals surface area contributed by atoms with Crippen LogP contribution in [0.25, 0.3) is 29.3 Å². The van der Waals surface area contributed by atoms with E-state index in [1.165, 1.54) is 44.6 Å². The van der Waals surface area contributed by atoms with E-state index in [1.54, 1.807) is 14.2 Å². The molecule has 260 valence electrons. The predicted octanol–water partition coefficient (Wildman–Crippen LogP) is 7.72. The summed E-state index contributed by atoms with van der Waals surface area (Å²) >= 11 is 7.46. The molecule has 0 aliphatic rings. The van der Waals surface area contributed by atoms with Crippen molar-refractivity contribution in [2.75, 3.05) is 107 Å². The number of ether oxygens (including phenoxy) is 8. The first-order chi connectivity index (χ1) is 23.2. The van der Waals surface area contributed by atoms with Gasteiger partial charge in [0.25, 0.3) is 0 Å². The Bertz CT molecular complexity index is 1380. The lowest BCUT2D eigenvalue weighted by Gasteiger charge is -2.06. The van der Waals surface area contributed by atoms with Gasteiger partial charge in [-0.2, -0.15) is 0 Å². The lowest BCUT2D eigenvalue weighted by Crippen LogP contribution is -2.11. The fourth-order valence-corrected chi connectivity index (χ4v) is 8.95. The van der Waals surface area contributed by atoms with Crippen LogP contribution >= 0.6 is 45.3 Å². The summed E-state index contributed by atoms with van der Waals surface area (Å²) in [5.41, 5.74) is 1.33. The molecule has 12 heteroatoms. The zero-order valence-corrected chi connectivity index (χ0v) is 31.0. The van der Waals surface area contributed by atoms with Gasteiger partial charge in [0.1, 0.15) is 0 Å². The van der Waals surface area contributed by atoms with Crippen LogP contribution in [0.4, 0.5) is 0 Å². The van der Waals surface area contributed by atoms with Gasteiger partial charge in [0.2, 0.25) is 0 Å². The molecule has 0 saturated carbocycles. The molecule has 0 N–H and O–H groups in total. The van der Waals surface area contributed by atoms with Crippen molar-refractivity contribution in [2.24, 2.45) is 0 Å². The van der Waals surface area contributed by atoms with E-state index in [4.69, 9.17) is 37.9 Å². The Morgan fingerprint density at radius 3 is 1.28 bits per heavy atom. The molecule has 0 unspecified atom stereocenters. The molecule has 0 aliphatic heterocycles. The fraction of sp³-hybridized carbons (Fsp3) is 0.543. The number of hydrogen-bond acceptors (Lipinski definition) is 12. The van der Waals surface area contributed by atoms with Gasteiger partial charge in [-0.3, -0.25) is 0 Å². The average Bonchev–Trinajstić information content (AvgIpc) is 3.89. The van der Waals surface area contributed by atoms with E-state index >= 15 is 0 Å². The first-order valence-electron chi connectivity index (χ1n) is 16.0. The third kappa shape index (κ3) is 14.1. The highest BCUT2D eigenvalue weighted by Crippen LogP contribution is 2.45. The van der Waals surface area contributed by atoms with Gasteiger partial charge in [0, 0.05) is 66.1 Å². The summed E-state index contributed by atoms with van der Waals surface area (Å²) in [5, 5.41) is 0. The Morgan fingerprint density at radius 2 is 0.787 bits per heavy atom. The second-order valence-corrected chi connectivity index (χ2v) is 15.0. The number of rotatable bonds is 27. The van der Waals surface area contributed by atoms with Gasteiger partial charge in [-0.25, -0.2) is 0 Å². The minimum Gasteiger partial charge on any atom is -0.382 e. The Hall–Kier alpha value is -1.52. The molecule has 0 amide bonds. The third-order valence-corrected chi connectivity index (χ3v) is 12.1. The van der Waals surface area contributed by atoms with Crippen LogP contribution in [-0.4, -0.2) is 107 Å². The average molecular weight is 725 g/mol. The van der Waals surface area contributed by atoms with Gasteiger partial charge in [-0.15, -0.1) is 45.3 Å². The molecule has 4 rings (SSSR count). The molecule has 47 heavy (non-hydrogen) atoms. The largest absolute Gasteiger partial charge is 0.382 e. The Balaban J connectivity index is 1.14. The maximum Gasteiger partial charge on any atom is 0.0701 e. The number of aryl methyl sites for hydroxylation is 1. The zero-order valence-electron chi connectivity index (χ0n) is 27.8. The molecule has 0 radical (unpaired) electrons. The number of thiophene rings is 4. The van der Waals surface area contributed by atoms with Crippen LogP contribution in [-0.2, 0) is 50.7 Å². The topological polar surface area (TPSA) is 73.8 Å². The van der Waals surface area contributed by atoms with Crippen molar-refractivity contribution < 1.29 is 37.9 Å². The van der Waals surface area contributed by atoms with Crippen molar-refractivity contribution in [3.8, 4) is 29.3 Å². The van der Waals surface area contributed by atoms with E-state index in [2.05, 4.69) is 49.4 Å². The molecule has 0 fully saturated rings. The van der Waals surface area contributed by atoms with Crippen LogP contribution in [0.5, 0.6) is 0 Å². The second kappa shape index (κ2) is 23.0. The van der Waals surface area contributed by atoms with Gasteiger partial charge in [0.15, 0.2) is 0 Å². The summed E-state index contributed by atoms with van der Waals surface area (Å²) in [6, 6.07) is 15.8. The fourth-order valence-electron chi connectivity index (χ4n) is 4.44. The second-order valence-electron chi connectivity index (χ2n) is 10.5. The summed E-state index contributed by atoms with van der Waals surface area (Å²) in [6.45, 7) is 10.7. The quantitative estimate of drug-likeness (QED) is 0.0580. The highest BCUT2D eigenvalue weighted by atomic mass is 32.1. The molecule has 0 aromatic carbocycles. The lowest BCUT2D eigenvalue weighted by atomic mass is 10.2. The summed E-state index contributed by atoms with van der Waals surface area (Å²) < 4.78 is 43.3. The molecular formula is C35H48O8S4. The van der Waals surface area contributed by atoms with E-state index in [0.29, 0.717) is 92.5 Å². The molecule has 4 heterocycles. The number of hydrogen-bond donors (Lipinski definition) is 0. The molecule has 4 aromatic rings. The van der Waals surface area contributed by atoms with Gasteiger partial charge in [-0.1, -0.05) is 0 Å². The minimum absolute atomic E-state index is 0.576. The van der Waals surface area contributed by atoms with Crippen LogP contribution in [0.2, 0.25) is 0 Å². The molecule has 0 saturated heterocycles. The van der Waals surface area contributed by atoms with E-state index < -0.39 is 0 Å². The van der Waals surface area contributed by atoms with Gasteiger partial charge >= 0.3 is 0 Å². The predicted molar refractivity (Wildman–Crippen MR) is 195 cm³/mol. The van der Waals surface area contributed by atoms with Crippen LogP contribution in [0, 0.1) is 6.92 Å². The van der Waals surface area contributed by atoms with Crippen LogP contribution in [0.1, 0.15) is 15.3 Å². The molecule has 0 aliphatic carbocycles. The van der Waals surface area contributed by atoms with Crippen molar-refractivity contribution in [1.29, 1.82) is 0 Å². The van der Waals surface area contributed by atoms with Crippen LogP contribution in [0.3, 0.4) is 0 Å². The Labute approximate surface area is 295 Å². The van der Waals surface area contributed by atoms with Gasteiger partial charge in [-0.05, 0) is 55.0 Å². The van der Waals surface area contributed by atoms with E-state index in [9.17, 15) is 0 Å². The summed E-state index contributed by atoms with van der Waals surface area (Å²) in [7, 11) is 3.33. The maximum atomic E-state index is 5.78. The molecular weight excluding hydrogens is 677 g/mol. The van der Waals surface area contributed by atoms with E-state index in [-0.39, 0.29) is 0 Å². The molecule has 8 nitrogen and oxygen atoms in total. The van der Waals surface area contributed by atoms with Crippen LogP contribution < -0.4 is 0 Å². The highest BCUT2D eigenvalue weighted by Gasteiger charge is 2.15. The summed E-state index contributed by atoms with van der Waals surface area (Å²) in [4.78, 5) is 10.6. The molecule has 4 aromatic heterocycles. The zero-order chi connectivity index (χ0) is 32.9.